The van der Waals surface area contributed by atoms with Crippen molar-refractivity contribution < 1.29 is 14.3 Å². The molecule has 28 heavy (non-hydrogen) atoms. The van der Waals surface area contributed by atoms with Crippen LogP contribution in [0.25, 0.3) is 0 Å². The highest BCUT2D eigenvalue weighted by molar-refractivity contribution is 5.97. The Morgan fingerprint density at radius 1 is 1.21 bits per heavy atom. The van der Waals surface area contributed by atoms with Gasteiger partial charge in [-0.2, -0.15) is 5.26 Å². The first-order valence-corrected chi connectivity index (χ1v) is 9.29. The van der Waals surface area contributed by atoms with Crippen molar-refractivity contribution in [2.75, 3.05) is 13.1 Å². The highest BCUT2D eigenvalue weighted by Gasteiger charge is 2.21. The molecule has 1 rings (SSSR count). The predicted octanol–water partition coefficient (Wildman–Crippen LogP) is 2.95. The summed E-state index contributed by atoms with van der Waals surface area (Å²) < 4.78 is 5.13. The van der Waals surface area contributed by atoms with Crippen LogP contribution >= 0.6 is 0 Å². The van der Waals surface area contributed by atoms with E-state index in [4.69, 9.17) is 4.74 Å². The maximum atomic E-state index is 12.8. The summed E-state index contributed by atoms with van der Waals surface area (Å²) >= 11 is 0. The predicted molar refractivity (Wildman–Crippen MR) is 108 cm³/mol. The van der Waals surface area contributed by atoms with Gasteiger partial charge in [0.1, 0.15) is 17.2 Å². The lowest BCUT2D eigenvalue weighted by molar-refractivity contribution is -0.129. The van der Waals surface area contributed by atoms with Crippen LogP contribution in [0.2, 0.25) is 0 Å². The lowest BCUT2D eigenvalue weighted by atomic mass is 10.1. The number of ether oxygens (including phenoxy) is 1. The molecule has 0 radical (unpaired) electrons. The van der Waals surface area contributed by atoms with Gasteiger partial charge in [-0.3, -0.25) is 4.79 Å². The number of nitrogens with zero attached hydrogens (tertiary/aromatic N) is 2. The number of alkyl carbamates (subject to hydrolysis) is 1. The molecule has 0 aliphatic rings. The standard InChI is InChI=1S/C21H30N4O3/c1-16(2)25(15-17-9-7-6-8-10-17)19(26)18(13-22)14-23-11-12-24-20(27)28-21(3,4)5/h6-10,14,16,23H,11-12,15H2,1-5H3,(H,24,27)/b18-14-. The maximum absolute atomic E-state index is 12.8. The molecular weight excluding hydrogens is 356 g/mol. The molecule has 0 unspecified atom stereocenters. The minimum Gasteiger partial charge on any atom is -0.444 e. The van der Waals surface area contributed by atoms with Gasteiger partial charge in [0.05, 0.1) is 0 Å². The maximum Gasteiger partial charge on any atom is 0.407 e. The van der Waals surface area contributed by atoms with Gasteiger partial charge < -0.3 is 20.3 Å². The van der Waals surface area contributed by atoms with Crippen LogP contribution in [0.5, 0.6) is 0 Å². The smallest absolute Gasteiger partial charge is 0.407 e. The van der Waals surface area contributed by atoms with E-state index in [-0.39, 0.29) is 17.5 Å². The van der Waals surface area contributed by atoms with Gasteiger partial charge in [0, 0.05) is 31.9 Å². The van der Waals surface area contributed by atoms with Crippen LogP contribution in [-0.2, 0) is 16.1 Å². The molecule has 1 aromatic rings. The number of benzene rings is 1. The Morgan fingerprint density at radius 3 is 2.39 bits per heavy atom. The molecule has 0 spiro atoms. The zero-order valence-electron chi connectivity index (χ0n) is 17.3. The lowest BCUT2D eigenvalue weighted by Crippen LogP contribution is -2.38. The van der Waals surface area contributed by atoms with Crippen molar-refractivity contribution in [1.82, 2.24) is 15.5 Å². The van der Waals surface area contributed by atoms with Crippen molar-refractivity contribution in [1.29, 1.82) is 5.26 Å². The number of hydrogen-bond donors (Lipinski definition) is 2. The van der Waals surface area contributed by atoms with Crippen molar-refractivity contribution >= 4 is 12.0 Å². The van der Waals surface area contributed by atoms with Crippen LogP contribution in [0, 0.1) is 11.3 Å². The van der Waals surface area contributed by atoms with E-state index >= 15 is 0 Å². The first-order valence-electron chi connectivity index (χ1n) is 9.29. The molecule has 2 N–H and O–H groups in total. The first kappa shape index (κ1) is 23.0. The summed E-state index contributed by atoms with van der Waals surface area (Å²) in [7, 11) is 0. The largest absolute Gasteiger partial charge is 0.444 e. The number of carbonyl (C=O) groups excluding carboxylic acids is 2. The molecule has 0 saturated carbocycles. The molecule has 0 atom stereocenters. The molecule has 7 heteroatoms. The summed E-state index contributed by atoms with van der Waals surface area (Å²) in [5, 5.41) is 14.9. The molecule has 0 aliphatic carbocycles. The van der Waals surface area contributed by atoms with Crippen LogP contribution < -0.4 is 10.6 Å². The molecule has 0 bridgehead atoms. The normalized spacial score (nSPS) is 11.5. The third-order valence-corrected chi connectivity index (χ3v) is 3.61. The SMILES string of the molecule is CC(C)N(Cc1ccccc1)C(=O)/C(C#N)=C\NCCNC(=O)OC(C)(C)C. The van der Waals surface area contributed by atoms with E-state index in [1.54, 1.807) is 25.7 Å². The highest BCUT2D eigenvalue weighted by Crippen LogP contribution is 2.12. The van der Waals surface area contributed by atoms with Crippen LogP contribution in [0.15, 0.2) is 42.1 Å². The van der Waals surface area contributed by atoms with Gasteiger partial charge in [-0.1, -0.05) is 30.3 Å². The van der Waals surface area contributed by atoms with Gasteiger partial charge in [0.2, 0.25) is 0 Å². The number of nitriles is 1. The Bertz CT molecular complexity index is 715. The first-order chi connectivity index (χ1) is 13.1. The molecule has 7 nitrogen and oxygen atoms in total. The molecule has 0 heterocycles. The molecule has 1 aromatic carbocycles. The molecule has 0 saturated heterocycles. The second kappa shape index (κ2) is 11.0. The van der Waals surface area contributed by atoms with Crippen molar-refractivity contribution in [3.8, 4) is 6.07 Å². The van der Waals surface area contributed by atoms with Crippen LogP contribution in [0.1, 0.15) is 40.2 Å². The van der Waals surface area contributed by atoms with Gasteiger partial charge in [-0.25, -0.2) is 4.79 Å². The number of rotatable bonds is 8. The van der Waals surface area contributed by atoms with E-state index < -0.39 is 11.7 Å². The van der Waals surface area contributed by atoms with Gasteiger partial charge in [0.15, 0.2) is 0 Å². The molecule has 152 valence electrons. The van der Waals surface area contributed by atoms with E-state index in [0.29, 0.717) is 19.6 Å². The summed E-state index contributed by atoms with van der Waals surface area (Å²) in [5.41, 5.74) is 0.454. The van der Waals surface area contributed by atoms with Crippen molar-refractivity contribution in [3.05, 3.63) is 47.7 Å². The number of carbonyl (C=O) groups is 2. The van der Waals surface area contributed by atoms with Crippen LogP contribution in [0.3, 0.4) is 0 Å². The Morgan fingerprint density at radius 2 is 1.86 bits per heavy atom. The summed E-state index contributed by atoms with van der Waals surface area (Å²) in [6.45, 7) is 10.3. The molecule has 2 amide bonds. The third kappa shape index (κ3) is 8.58. The average Bonchev–Trinajstić information content (AvgIpc) is 2.61. The van der Waals surface area contributed by atoms with E-state index in [2.05, 4.69) is 10.6 Å². The fraction of sp³-hybridized carbons (Fsp3) is 0.476. The van der Waals surface area contributed by atoms with Crippen molar-refractivity contribution in [2.24, 2.45) is 0 Å². The minimum absolute atomic E-state index is 0.0156. The monoisotopic (exact) mass is 386 g/mol. The summed E-state index contributed by atoms with van der Waals surface area (Å²) in [6.07, 6.45) is 0.878. The van der Waals surface area contributed by atoms with Crippen LogP contribution in [0.4, 0.5) is 4.79 Å². The molecule has 0 fully saturated rings. The quantitative estimate of drug-likeness (QED) is 0.407. The summed E-state index contributed by atoms with van der Waals surface area (Å²) in [5.74, 6) is -0.339. The zero-order valence-corrected chi connectivity index (χ0v) is 17.3. The van der Waals surface area contributed by atoms with Gasteiger partial charge in [-0.05, 0) is 40.2 Å². The number of nitrogens with one attached hydrogen (secondary N) is 2. The van der Waals surface area contributed by atoms with Gasteiger partial charge >= 0.3 is 6.09 Å². The Hall–Kier alpha value is -3.01. The van der Waals surface area contributed by atoms with Crippen molar-refractivity contribution in [2.45, 2.75) is 52.8 Å². The molecular formula is C21H30N4O3. The number of amides is 2. The van der Waals surface area contributed by atoms with Gasteiger partial charge in [0.25, 0.3) is 5.91 Å². The third-order valence-electron chi connectivity index (χ3n) is 3.61. The molecule has 0 aliphatic heterocycles. The van der Waals surface area contributed by atoms with E-state index in [9.17, 15) is 14.9 Å². The van der Waals surface area contributed by atoms with E-state index in [1.165, 1.54) is 6.20 Å². The Labute approximate surface area is 167 Å². The van der Waals surface area contributed by atoms with Crippen LogP contribution in [-0.4, -0.2) is 41.6 Å². The fourth-order valence-corrected chi connectivity index (χ4v) is 2.29. The van der Waals surface area contributed by atoms with Crippen molar-refractivity contribution in [3.63, 3.8) is 0 Å². The molecule has 0 aromatic heterocycles. The Kier molecular flexibility index (Phi) is 9.03. The van der Waals surface area contributed by atoms with E-state index in [0.717, 1.165) is 5.56 Å². The Balaban J connectivity index is 2.60. The fourth-order valence-electron chi connectivity index (χ4n) is 2.29. The van der Waals surface area contributed by atoms with Gasteiger partial charge in [-0.15, -0.1) is 0 Å². The minimum atomic E-state index is -0.559. The topological polar surface area (TPSA) is 94.5 Å². The summed E-state index contributed by atoms with van der Waals surface area (Å²) in [6, 6.07) is 11.5. The number of hydrogen-bond acceptors (Lipinski definition) is 5. The lowest BCUT2D eigenvalue weighted by Gasteiger charge is -2.26. The second-order valence-electron chi connectivity index (χ2n) is 7.57. The summed E-state index contributed by atoms with van der Waals surface area (Å²) in [4.78, 5) is 26.0. The second-order valence-corrected chi connectivity index (χ2v) is 7.57. The van der Waals surface area contributed by atoms with E-state index in [1.807, 2.05) is 50.2 Å². The average molecular weight is 386 g/mol. The zero-order chi connectivity index (χ0) is 21.2. The highest BCUT2D eigenvalue weighted by atomic mass is 16.6.